The third-order valence-electron chi connectivity index (χ3n) is 5.76. The monoisotopic (exact) mass is 501 g/mol. The Morgan fingerprint density at radius 3 is 2.79 bits per heavy atom. The first-order valence-electron chi connectivity index (χ1n) is 9.98. The number of rotatable bonds is 4. The van der Waals surface area contributed by atoms with Crippen LogP contribution in [0.4, 0.5) is 0 Å². The number of carbonyl (C=O) groups excluding carboxylic acids is 1. The van der Waals surface area contributed by atoms with E-state index in [2.05, 4.69) is 17.1 Å². The first kappa shape index (κ1) is 22.8. The molecule has 7 heteroatoms. The van der Waals surface area contributed by atoms with Crippen LogP contribution >= 0.6 is 24.0 Å². The van der Waals surface area contributed by atoms with Gasteiger partial charge in [-0.3, -0.25) is 4.79 Å². The lowest BCUT2D eigenvalue weighted by atomic mass is 9.88. The number of aromatic hydroxyl groups is 1. The van der Waals surface area contributed by atoms with Gasteiger partial charge in [0.05, 0.1) is 19.6 Å². The molecule has 2 unspecified atom stereocenters. The number of methoxy groups -OCH3 is 1. The molecule has 1 saturated heterocycles. The largest absolute Gasteiger partial charge is 0.508 e. The highest BCUT2D eigenvalue weighted by atomic mass is 127. The normalized spacial score (nSPS) is 21.7. The number of benzene rings is 1. The van der Waals surface area contributed by atoms with Gasteiger partial charge in [-0.25, -0.2) is 4.99 Å². The number of guanidine groups is 1. The van der Waals surface area contributed by atoms with Gasteiger partial charge in [-0.05, 0) is 55.7 Å². The number of halogens is 1. The summed E-state index contributed by atoms with van der Waals surface area (Å²) < 4.78 is 4.94. The van der Waals surface area contributed by atoms with Crippen molar-refractivity contribution in [3.05, 3.63) is 28.8 Å². The van der Waals surface area contributed by atoms with E-state index in [-0.39, 0.29) is 41.8 Å². The number of phenols is 1. The van der Waals surface area contributed by atoms with Crippen molar-refractivity contribution in [2.75, 3.05) is 26.7 Å². The molecule has 0 aromatic heterocycles. The number of aliphatic imine (C=N–C) groups is 1. The quantitative estimate of drug-likeness (QED) is 0.287. The van der Waals surface area contributed by atoms with Crippen LogP contribution in [0.5, 0.6) is 5.75 Å². The number of likely N-dealkylation sites (tertiary alicyclic amines) is 1. The van der Waals surface area contributed by atoms with Crippen molar-refractivity contribution in [2.45, 2.75) is 46.1 Å². The summed E-state index contributed by atoms with van der Waals surface area (Å²) in [4.78, 5) is 18.9. The van der Waals surface area contributed by atoms with Gasteiger partial charge in [-0.15, -0.1) is 24.0 Å². The zero-order valence-electron chi connectivity index (χ0n) is 17.0. The second kappa shape index (κ2) is 10.3. The number of fused-ring (bicyclic) bond motifs is 1. The second-order valence-electron chi connectivity index (χ2n) is 7.59. The van der Waals surface area contributed by atoms with Crippen molar-refractivity contribution in [1.29, 1.82) is 0 Å². The molecule has 6 nitrogen and oxygen atoms in total. The maximum Gasteiger partial charge on any atom is 0.310 e. The first-order chi connectivity index (χ1) is 13.0. The number of phenolic OH excluding ortho intramolecular Hbond substituents is 1. The number of ether oxygens (including phenoxy) is 1. The number of aryl methyl sites for hydroxylation is 1. The van der Waals surface area contributed by atoms with Crippen LogP contribution in [0.15, 0.2) is 17.1 Å². The Kier molecular flexibility index (Phi) is 8.39. The van der Waals surface area contributed by atoms with Crippen molar-refractivity contribution in [1.82, 2.24) is 10.2 Å². The fourth-order valence-electron chi connectivity index (χ4n) is 4.25. The van der Waals surface area contributed by atoms with Crippen LogP contribution in [0.2, 0.25) is 0 Å². The van der Waals surface area contributed by atoms with Crippen LogP contribution in [0.25, 0.3) is 0 Å². The topological polar surface area (TPSA) is 74.2 Å². The van der Waals surface area contributed by atoms with Gasteiger partial charge in [0.25, 0.3) is 0 Å². The zero-order chi connectivity index (χ0) is 19.4. The molecular weight excluding hydrogens is 469 g/mol. The molecule has 156 valence electrons. The number of esters is 1. The van der Waals surface area contributed by atoms with Gasteiger partial charge >= 0.3 is 5.97 Å². The Bertz CT molecular complexity index is 723. The number of hydrogen-bond donors (Lipinski definition) is 2. The summed E-state index contributed by atoms with van der Waals surface area (Å²) in [5, 5.41) is 13.7. The molecule has 2 aliphatic rings. The predicted octanol–water partition coefficient (Wildman–Crippen LogP) is 3.10. The van der Waals surface area contributed by atoms with Crippen molar-refractivity contribution in [3.8, 4) is 5.75 Å². The van der Waals surface area contributed by atoms with Crippen LogP contribution in [0.1, 0.15) is 43.4 Å². The summed E-state index contributed by atoms with van der Waals surface area (Å²) in [5.41, 5.74) is 3.55. The molecule has 1 aliphatic heterocycles. The number of carbonyl (C=O) groups is 1. The molecule has 1 aromatic carbocycles. The lowest BCUT2D eigenvalue weighted by Crippen LogP contribution is -2.40. The van der Waals surface area contributed by atoms with Crippen LogP contribution in [0, 0.1) is 11.8 Å². The summed E-state index contributed by atoms with van der Waals surface area (Å²) in [7, 11) is 1.44. The van der Waals surface area contributed by atoms with Crippen molar-refractivity contribution >= 4 is 35.9 Å². The zero-order valence-corrected chi connectivity index (χ0v) is 19.4. The fourth-order valence-corrected chi connectivity index (χ4v) is 4.25. The minimum atomic E-state index is -0.157. The van der Waals surface area contributed by atoms with E-state index in [0.29, 0.717) is 18.8 Å². The summed E-state index contributed by atoms with van der Waals surface area (Å²) >= 11 is 0. The van der Waals surface area contributed by atoms with Gasteiger partial charge in [0, 0.05) is 25.2 Å². The maximum absolute atomic E-state index is 12.0. The van der Waals surface area contributed by atoms with Gasteiger partial charge in [-0.1, -0.05) is 13.0 Å². The van der Waals surface area contributed by atoms with Crippen molar-refractivity contribution in [2.24, 2.45) is 16.8 Å². The molecule has 1 aromatic rings. The molecule has 1 aliphatic carbocycles. The van der Waals surface area contributed by atoms with Crippen LogP contribution in [-0.2, 0) is 28.9 Å². The lowest BCUT2D eigenvalue weighted by Gasteiger charge is -2.23. The number of hydrogen-bond acceptors (Lipinski definition) is 4. The van der Waals surface area contributed by atoms with Crippen LogP contribution in [-0.4, -0.2) is 48.7 Å². The molecule has 3 rings (SSSR count). The van der Waals surface area contributed by atoms with E-state index in [0.717, 1.165) is 43.9 Å². The summed E-state index contributed by atoms with van der Waals surface area (Å²) in [5.74, 6) is 1.06. The van der Waals surface area contributed by atoms with Crippen molar-refractivity contribution in [3.63, 3.8) is 0 Å². The molecule has 0 saturated carbocycles. The molecule has 0 amide bonds. The van der Waals surface area contributed by atoms with E-state index < -0.39 is 0 Å². The molecule has 28 heavy (non-hydrogen) atoms. The Morgan fingerprint density at radius 2 is 2.07 bits per heavy atom. The fraction of sp³-hybridized carbons (Fsp3) is 0.619. The first-order valence-corrected chi connectivity index (χ1v) is 9.98. The molecule has 2 N–H and O–H groups in total. The van der Waals surface area contributed by atoms with Gasteiger partial charge in [0.2, 0.25) is 0 Å². The van der Waals surface area contributed by atoms with Crippen LogP contribution in [0.3, 0.4) is 0 Å². The van der Waals surface area contributed by atoms with E-state index in [1.54, 1.807) is 6.07 Å². The molecule has 1 fully saturated rings. The third-order valence-corrected chi connectivity index (χ3v) is 5.76. The smallest absolute Gasteiger partial charge is 0.310 e. The Morgan fingerprint density at radius 1 is 1.32 bits per heavy atom. The average molecular weight is 501 g/mol. The summed E-state index contributed by atoms with van der Waals surface area (Å²) in [6.07, 6.45) is 4.47. The molecule has 0 bridgehead atoms. The highest BCUT2D eigenvalue weighted by Crippen LogP contribution is 2.31. The van der Waals surface area contributed by atoms with Crippen molar-refractivity contribution < 1.29 is 14.6 Å². The number of nitrogens with one attached hydrogen (secondary N) is 1. The minimum Gasteiger partial charge on any atom is -0.508 e. The SMILES string of the molecule is CCNC(=NCc1c(O)ccc2c1CCCC2)N1CC(C)C(C(=O)OC)C1.I. The molecule has 0 spiro atoms. The highest BCUT2D eigenvalue weighted by Gasteiger charge is 2.36. The molecule has 0 radical (unpaired) electrons. The van der Waals surface area contributed by atoms with E-state index >= 15 is 0 Å². The summed E-state index contributed by atoms with van der Waals surface area (Å²) in [6, 6.07) is 3.85. The molecule has 2 atom stereocenters. The Hall–Kier alpha value is -1.51. The van der Waals surface area contributed by atoms with Crippen LogP contribution < -0.4 is 5.32 Å². The standard InChI is InChI=1S/C21H31N3O3.HI/c1-4-22-21(24-12-14(2)18(13-24)20(26)27-3)23-11-17-16-8-6-5-7-15(16)9-10-19(17)25;/h9-10,14,18,25H,4-8,11-13H2,1-3H3,(H,22,23);1H. The molecular formula is C21H32IN3O3. The van der Waals surface area contributed by atoms with E-state index in [1.165, 1.54) is 24.7 Å². The molecule has 1 heterocycles. The average Bonchev–Trinajstić information content (AvgIpc) is 3.07. The Labute approximate surface area is 184 Å². The van der Waals surface area contributed by atoms with Gasteiger partial charge in [0.15, 0.2) is 5.96 Å². The minimum absolute atomic E-state index is 0. The predicted molar refractivity (Wildman–Crippen MR) is 121 cm³/mol. The highest BCUT2D eigenvalue weighted by molar-refractivity contribution is 14.0. The van der Waals surface area contributed by atoms with Gasteiger partial charge in [0.1, 0.15) is 5.75 Å². The number of nitrogens with zero attached hydrogens (tertiary/aromatic N) is 2. The van der Waals surface area contributed by atoms with E-state index in [4.69, 9.17) is 9.73 Å². The van der Waals surface area contributed by atoms with Gasteiger partial charge in [-0.2, -0.15) is 0 Å². The lowest BCUT2D eigenvalue weighted by molar-refractivity contribution is -0.145. The third kappa shape index (κ3) is 4.90. The summed E-state index contributed by atoms with van der Waals surface area (Å²) in [6.45, 7) is 6.69. The second-order valence-corrected chi connectivity index (χ2v) is 7.59. The van der Waals surface area contributed by atoms with E-state index in [1.807, 2.05) is 13.0 Å². The van der Waals surface area contributed by atoms with Gasteiger partial charge < -0.3 is 20.1 Å². The maximum atomic E-state index is 12.0. The Balaban J connectivity index is 0.00000280. The van der Waals surface area contributed by atoms with E-state index in [9.17, 15) is 9.90 Å².